The van der Waals surface area contributed by atoms with E-state index in [9.17, 15) is 9.59 Å². The molecule has 0 unspecified atom stereocenters. The number of carbonyl (C=O) groups excluding carboxylic acids is 2. The van der Waals surface area contributed by atoms with Gasteiger partial charge in [-0.25, -0.2) is 0 Å². The van der Waals surface area contributed by atoms with Crippen molar-refractivity contribution in [2.24, 2.45) is 5.92 Å². The van der Waals surface area contributed by atoms with E-state index in [1.807, 2.05) is 45.0 Å². The van der Waals surface area contributed by atoms with Crippen LogP contribution in [-0.4, -0.2) is 35.9 Å². The number of hydrogen-bond donors (Lipinski definition) is 1. The lowest BCUT2D eigenvalue weighted by Crippen LogP contribution is -2.46. The topological polar surface area (TPSA) is 58.6 Å². The van der Waals surface area contributed by atoms with Gasteiger partial charge in [-0.05, 0) is 38.0 Å². The molecule has 1 aromatic rings. The monoisotopic (exact) mass is 318 g/mol. The highest BCUT2D eigenvalue weighted by Crippen LogP contribution is 2.22. The molecule has 2 amide bonds. The van der Waals surface area contributed by atoms with Gasteiger partial charge < -0.3 is 15.0 Å². The average molecular weight is 318 g/mol. The molecule has 0 aliphatic carbocycles. The normalized spacial score (nSPS) is 18.2. The molecule has 2 rings (SSSR count). The van der Waals surface area contributed by atoms with Gasteiger partial charge in [0.25, 0.3) is 0 Å². The highest BCUT2D eigenvalue weighted by Gasteiger charge is 2.35. The first-order valence-corrected chi connectivity index (χ1v) is 8.07. The zero-order chi connectivity index (χ0) is 17.0. The van der Waals surface area contributed by atoms with Gasteiger partial charge in [0.2, 0.25) is 11.8 Å². The van der Waals surface area contributed by atoms with Gasteiger partial charge in [0, 0.05) is 25.0 Å². The second-order valence-electron chi connectivity index (χ2n) is 6.75. The van der Waals surface area contributed by atoms with Crippen molar-refractivity contribution in [2.75, 3.05) is 13.7 Å². The Morgan fingerprint density at radius 1 is 1.35 bits per heavy atom. The molecule has 5 nitrogen and oxygen atoms in total. The third-order valence-electron chi connectivity index (χ3n) is 4.46. The summed E-state index contributed by atoms with van der Waals surface area (Å²) >= 11 is 0. The third kappa shape index (κ3) is 4.47. The molecule has 1 fully saturated rings. The van der Waals surface area contributed by atoms with Crippen molar-refractivity contribution in [3.05, 3.63) is 29.8 Å². The lowest BCUT2D eigenvalue weighted by Gasteiger charge is -2.26. The van der Waals surface area contributed by atoms with Crippen LogP contribution in [0.15, 0.2) is 24.3 Å². The fourth-order valence-electron chi connectivity index (χ4n) is 2.58. The van der Waals surface area contributed by atoms with Crippen LogP contribution >= 0.6 is 0 Å². The maximum absolute atomic E-state index is 12.3. The van der Waals surface area contributed by atoms with Crippen LogP contribution in [0, 0.1) is 5.92 Å². The Hall–Kier alpha value is -2.04. The van der Waals surface area contributed by atoms with E-state index in [1.54, 1.807) is 12.0 Å². The molecule has 0 spiro atoms. The molecule has 0 aromatic heterocycles. The Morgan fingerprint density at radius 3 is 2.57 bits per heavy atom. The summed E-state index contributed by atoms with van der Waals surface area (Å²) in [5.74, 6) is 0.546. The first kappa shape index (κ1) is 17.3. The van der Waals surface area contributed by atoms with Gasteiger partial charge in [-0.2, -0.15) is 0 Å². The van der Waals surface area contributed by atoms with Crippen LogP contribution in [0.25, 0.3) is 0 Å². The minimum atomic E-state index is -0.258. The molecule has 1 atom stereocenters. The number of nitrogens with one attached hydrogen (secondary N) is 1. The molecule has 1 aliphatic heterocycles. The lowest BCUT2D eigenvalue weighted by molar-refractivity contribution is -0.129. The molecule has 1 heterocycles. The Balaban J connectivity index is 1.95. The first-order chi connectivity index (χ1) is 10.8. The van der Waals surface area contributed by atoms with E-state index in [2.05, 4.69) is 5.32 Å². The number of hydrogen-bond acceptors (Lipinski definition) is 3. The summed E-state index contributed by atoms with van der Waals surface area (Å²) in [5.41, 5.74) is 0.804. The zero-order valence-electron chi connectivity index (χ0n) is 14.4. The van der Waals surface area contributed by atoms with Crippen LogP contribution < -0.4 is 10.1 Å². The molecule has 23 heavy (non-hydrogen) atoms. The van der Waals surface area contributed by atoms with Crippen molar-refractivity contribution in [2.45, 2.75) is 45.7 Å². The summed E-state index contributed by atoms with van der Waals surface area (Å²) in [5, 5.41) is 3.03. The average Bonchev–Trinajstić information content (AvgIpc) is 2.89. The van der Waals surface area contributed by atoms with Gasteiger partial charge in [-0.15, -0.1) is 0 Å². The van der Waals surface area contributed by atoms with E-state index in [4.69, 9.17) is 4.74 Å². The molecule has 0 saturated carbocycles. The smallest absolute Gasteiger partial charge is 0.225 e. The third-order valence-corrected chi connectivity index (χ3v) is 4.46. The highest BCUT2D eigenvalue weighted by atomic mass is 16.5. The largest absolute Gasteiger partial charge is 0.497 e. The second-order valence-corrected chi connectivity index (χ2v) is 6.75. The molecule has 126 valence electrons. The lowest BCUT2D eigenvalue weighted by atomic mass is 9.99. The molecule has 0 radical (unpaired) electrons. The van der Waals surface area contributed by atoms with Crippen molar-refractivity contribution in [1.29, 1.82) is 0 Å². The fraction of sp³-hybridized carbons (Fsp3) is 0.556. The number of ether oxygens (including phenoxy) is 1. The zero-order valence-corrected chi connectivity index (χ0v) is 14.4. The molecule has 1 saturated heterocycles. The minimum Gasteiger partial charge on any atom is -0.497 e. The van der Waals surface area contributed by atoms with Gasteiger partial charge in [0.15, 0.2) is 0 Å². The van der Waals surface area contributed by atoms with Gasteiger partial charge in [-0.1, -0.05) is 19.1 Å². The fourth-order valence-corrected chi connectivity index (χ4v) is 2.58. The number of likely N-dealkylation sites (tertiary alicyclic amines) is 1. The van der Waals surface area contributed by atoms with E-state index in [1.165, 1.54) is 0 Å². The van der Waals surface area contributed by atoms with Crippen molar-refractivity contribution in [3.63, 3.8) is 0 Å². The second kappa shape index (κ2) is 7.02. The number of rotatable bonds is 6. The Labute approximate surface area is 138 Å². The van der Waals surface area contributed by atoms with Crippen LogP contribution in [0.2, 0.25) is 0 Å². The standard InChI is InChI=1S/C18H26N2O3/c1-5-18(2,3)19-17(22)14-10-16(21)20(12-14)11-13-6-8-15(23-4)9-7-13/h6-9,14H,5,10-12H2,1-4H3,(H,19,22)/t14-/m0/s1. The summed E-state index contributed by atoms with van der Waals surface area (Å²) in [6.45, 7) is 7.05. The van der Waals surface area contributed by atoms with Gasteiger partial charge in [0.05, 0.1) is 13.0 Å². The molecule has 5 heteroatoms. The number of amides is 2. The maximum atomic E-state index is 12.3. The minimum absolute atomic E-state index is 0.0255. The van der Waals surface area contributed by atoms with E-state index in [-0.39, 0.29) is 23.3 Å². The first-order valence-electron chi connectivity index (χ1n) is 8.07. The molecule has 1 aliphatic rings. The summed E-state index contributed by atoms with van der Waals surface area (Å²) < 4.78 is 5.13. The summed E-state index contributed by atoms with van der Waals surface area (Å²) in [7, 11) is 1.63. The molecule has 1 aromatic carbocycles. The number of carbonyl (C=O) groups is 2. The van der Waals surface area contributed by atoms with Crippen molar-refractivity contribution >= 4 is 11.8 Å². The van der Waals surface area contributed by atoms with E-state index < -0.39 is 0 Å². The van der Waals surface area contributed by atoms with Crippen LogP contribution in [0.4, 0.5) is 0 Å². The van der Waals surface area contributed by atoms with E-state index >= 15 is 0 Å². The molecule has 0 bridgehead atoms. The van der Waals surface area contributed by atoms with Crippen LogP contribution in [0.5, 0.6) is 5.75 Å². The van der Waals surface area contributed by atoms with Crippen LogP contribution in [0.3, 0.4) is 0 Å². The van der Waals surface area contributed by atoms with Crippen molar-refractivity contribution in [1.82, 2.24) is 10.2 Å². The highest BCUT2D eigenvalue weighted by molar-refractivity contribution is 5.89. The summed E-state index contributed by atoms with van der Waals surface area (Å²) in [4.78, 5) is 26.3. The van der Waals surface area contributed by atoms with Gasteiger partial charge in [0.1, 0.15) is 5.75 Å². The van der Waals surface area contributed by atoms with E-state index in [0.717, 1.165) is 17.7 Å². The molecular weight excluding hydrogens is 292 g/mol. The maximum Gasteiger partial charge on any atom is 0.225 e. The number of nitrogens with zero attached hydrogens (tertiary/aromatic N) is 1. The van der Waals surface area contributed by atoms with E-state index in [0.29, 0.717) is 19.5 Å². The van der Waals surface area contributed by atoms with Crippen molar-refractivity contribution < 1.29 is 14.3 Å². The summed E-state index contributed by atoms with van der Waals surface area (Å²) in [6, 6.07) is 7.65. The van der Waals surface area contributed by atoms with Crippen molar-refractivity contribution in [3.8, 4) is 5.75 Å². The van der Waals surface area contributed by atoms with Crippen LogP contribution in [-0.2, 0) is 16.1 Å². The molecule has 1 N–H and O–H groups in total. The predicted molar refractivity (Wildman–Crippen MR) is 89.0 cm³/mol. The van der Waals surface area contributed by atoms with Gasteiger partial charge in [-0.3, -0.25) is 9.59 Å². The quantitative estimate of drug-likeness (QED) is 0.876. The van der Waals surface area contributed by atoms with Gasteiger partial charge >= 0.3 is 0 Å². The Kier molecular flexibility index (Phi) is 5.29. The Bertz CT molecular complexity index is 566. The summed E-state index contributed by atoms with van der Waals surface area (Å²) in [6.07, 6.45) is 1.15. The predicted octanol–water partition coefficient (Wildman–Crippen LogP) is 2.35. The number of methoxy groups -OCH3 is 1. The number of benzene rings is 1. The SMILES string of the molecule is CCC(C)(C)NC(=O)[C@H]1CC(=O)N(Cc2ccc(OC)cc2)C1. The Morgan fingerprint density at radius 2 is 2.00 bits per heavy atom. The molecular formula is C18H26N2O3. The van der Waals surface area contributed by atoms with Crippen LogP contribution in [0.1, 0.15) is 39.2 Å².